The minimum atomic E-state index is -0.132. The molecule has 2 rings (SSSR count). The standard InChI is InChI=1S/C16H14O4/c17-15-8-6-14(7-9-15)16(18)10-5-12-1-3-13(4-2-12)11-20-19/h1-10,17,19H,11H2/b10-5+. The molecule has 102 valence electrons. The van der Waals surface area contributed by atoms with Crippen molar-refractivity contribution < 1.29 is 20.0 Å². The molecule has 0 amide bonds. The maximum absolute atomic E-state index is 11.9. The van der Waals surface area contributed by atoms with Gasteiger partial charge in [-0.3, -0.25) is 10.1 Å². The summed E-state index contributed by atoms with van der Waals surface area (Å²) in [7, 11) is 0. The SMILES string of the molecule is O=C(/C=C/c1ccc(COO)cc1)c1ccc(O)cc1. The largest absolute Gasteiger partial charge is 0.508 e. The number of aromatic hydroxyl groups is 1. The van der Waals surface area contributed by atoms with E-state index < -0.39 is 0 Å². The number of phenolic OH excluding ortho intramolecular Hbond substituents is 1. The van der Waals surface area contributed by atoms with Gasteiger partial charge in [0, 0.05) is 5.56 Å². The summed E-state index contributed by atoms with van der Waals surface area (Å²) >= 11 is 0. The number of allylic oxidation sites excluding steroid dienone is 1. The predicted molar refractivity (Wildman–Crippen MR) is 75.3 cm³/mol. The van der Waals surface area contributed by atoms with Crippen LogP contribution < -0.4 is 0 Å². The van der Waals surface area contributed by atoms with Crippen LogP contribution in [0.3, 0.4) is 0 Å². The number of benzene rings is 2. The first-order valence-electron chi connectivity index (χ1n) is 6.06. The molecule has 4 nitrogen and oxygen atoms in total. The number of carbonyl (C=O) groups is 1. The molecule has 0 radical (unpaired) electrons. The minimum absolute atomic E-state index is 0.132. The molecule has 0 atom stereocenters. The van der Waals surface area contributed by atoms with Gasteiger partial charge in [-0.2, -0.15) is 0 Å². The van der Waals surface area contributed by atoms with Crippen molar-refractivity contribution in [1.29, 1.82) is 0 Å². The first-order chi connectivity index (χ1) is 9.69. The molecule has 0 aliphatic carbocycles. The van der Waals surface area contributed by atoms with E-state index in [0.29, 0.717) is 5.56 Å². The first kappa shape index (κ1) is 14.0. The van der Waals surface area contributed by atoms with Crippen molar-refractivity contribution in [1.82, 2.24) is 0 Å². The average molecular weight is 270 g/mol. The van der Waals surface area contributed by atoms with Gasteiger partial charge in [0.1, 0.15) is 12.4 Å². The second-order valence-corrected chi connectivity index (χ2v) is 4.26. The van der Waals surface area contributed by atoms with Gasteiger partial charge in [0.2, 0.25) is 0 Å². The molecule has 0 heterocycles. The highest BCUT2D eigenvalue weighted by atomic mass is 17.1. The van der Waals surface area contributed by atoms with Gasteiger partial charge in [-0.15, -0.1) is 0 Å². The average Bonchev–Trinajstić information content (AvgIpc) is 2.47. The van der Waals surface area contributed by atoms with Crippen LogP contribution in [0.15, 0.2) is 54.6 Å². The Kier molecular flexibility index (Phi) is 4.65. The van der Waals surface area contributed by atoms with E-state index in [9.17, 15) is 4.79 Å². The maximum Gasteiger partial charge on any atom is 0.185 e. The van der Waals surface area contributed by atoms with Crippen LogP contribution in [0.2, 0.25) is 0 Å². The number of carbonyl (C=O) groups excluding carboxylic acids is 1. The third kappa shape index (κ3) is 3.78. The van der Waals surface area contributed by atoms with Gasteiger partial charge in [-0.25, -0.2) is 4.89 Å². The molecule has 4 heteroatoms. The lowest BCUT2D eigenvalue weighted by Gasteiger charge is -1.99. The minimum Gasteiger partial charge on any atom is -0.508 e. The first-order valence-corrected chi connectivity index (χ1v) is 6.06. The molecule has 0 unspecified atom stereocenters. The fraction of sp³-hybridized carbons (Fsp3) is 0.0625. The number of hydrogen-bond donors (Lipinski definition) is 2. The second-order valence-electron chi connectivity index (χ2n) is 4.26. The van der Waals surface area contributed by atoms with Crippen LogP contribution in [0, 0.1) is 0 Å². The fourth-order valence-corrected chi connectivity index (χ4v) is 1.69. The lowest BCUT2D eigenvalue weighted by atomic mass is 10.1. The summed E-state index contributed by atoms with van der Waals surface area (Å²) in [5.74, 6) is -0.0000105. The molecule has 0 aliphatic heterocycles. The quantitative estimate of drug-likeness (QED) is 0.379. The van der Waals surface area contributed by atoms with E-state index in [2.05, 4.69) is 4.89 Å². The summed E-state index contributed by atoms with van der Waals surface area (Å²) in [6.07, 6.45) is 3.18. The summed E-state index contributed by atoms with van der Waals surface area (Å²) in [6, 6.07) is 13.4. The van der Waals surface area contributed by atoms with Crippen molar-refractivity contribution >= 4 is 11.9 Å². The zero-order valence-electron chi connectivity index (χ0n) is 10.7. The Morgan fingerprint density at radius 2 is 1.70 bits per heavy atom. The summed E-state index contributed by atoms with van der Waals surface area (Å²) in [4.78, 5) is 15.9. The lowest BCUT2D eigenvalue weighted by Crippen LogP contribution is -1.93. The summed E-state index contributed by atoms with van der Waals surface area (Å²) in [6.45, 7) is 0.135. The number of phenols is 1. The number of hydrogen-bond acceptors (Lipinski definition) is 4. The molecule has 2 aromatic rings. The van der Waals surface area contributed by atoms with Crippen LogP contribution in [-0.2, 0) is 11.5 Å². The molecule has 0 saturated heterocycles. The van der Waals surface area contributed by atoms with Crippen molar-refractivity contribution in [2.45, 2.75) is 6.61 Å². The topological polar surface area (TPSA) is 66.8 Å². The predicted octanol–water partition coefficient (Wildman–Crippen LogP) is 3.28. The molecule has 0 fully saturated rings. The zero-order chi connectivity index (χ0) is 14.4. The Balaban J connectivity index is 2.04. The van der Waals surface area contributed by atoms with E-state index in [1.807, 2.05) is 12.1 Å². The maximum atomic E-state index is 11.9. The van der Waals surface area contributed by atoms with Crippen molar-refractivity contribution in [3.63, 3.8) is 0 Å². The second kappa shape index (κ2) is 6.65. The van der Waals surface area contributed by atoms with Gasteiger partial charge in [0.15, 0.2) is 5.78 Å². The molecule has 20 heavy (non-hydrogen) atoms. The molecular weight excluding hydrogens is 256 g/mol. The zero-order valence-corrected chi connectivity index (χ0v) is 10.7. The normalized spacial score (nSPS) is 10.8. The third-order valence-corrected chi connectivity index (χ3v) is 2.79. The molecule has 0 aromatic heterocycles. The van der Waals surface area contributed by atoms with Gasteiger partial charge in [-0.05, 0) is 41.5 Å². The van der Waals surface area contributed by atoms with Crippen LogP contribution in [0.25, 0.3) is 6.08 Å². The lowest BCUT2D eigenvalue weighted by molar-refractivity contribution is -0.253. The third-order valence-electron chi connectivity index (χ3n) is 2.79. The van der Waals surface area contributed by atoms with Crippen molar-refractivity contribution in [3.8, 4) is 5.75 Å². The molecule has 2 aromatic carbocycles. The highest BCUT2D eigenvalue weighted by molar-refractivity contribution is 6.06. The Labute approximate surface area is 116 Å². The highest BCUT2D eigenvalue weighted by Crippen LogP contribution is 2.12. The van der Waals surface area contributed by atoms with E-state index in [1.54, 1.807) is 30.3 Å². The Morgan fingerprint density at radius 3 is 2.30 bits per heavy atom. The van der Waals surface area contributed by atoms with E-state index in [1.165, 1.54) is 18.2 Å². The summed E-state index contributed by atoms with van der Waals surface area (Å²) in [5, 5.41) is 17.5. The summed E-state index contributed by atoms with van der Waals surface area (Å²) in [5.41, 5.74) is 2.23. The van der Waals surface area contributed by atoms with Crippen LogP contribution in [-0.4, -0.2) is 16.1 Å². The van der Waals surface area contributed by atoms with Crippen LogP contribution >= 0.6 is 0 Å². The highest BCUT2D eigenvalue weighted by Gasteiger charge is 2.01. The molecular formula is C16H14O4. The molecule has 0 saturated carbocycles. The molecule has 0 bridgehead atoms. The van der Waals surface area contributed by atoms with Crippen LogP contribution in [0.1, 0.15) is 21.5 Å². The number of rotatable bonds is 5. The van der Waals surface area contributed by atoms with Gasteiger partial charge < -0.3 is 5.11 Å². The van der Waals surface area contributed by atoms with Gasteiger partial charge in [0.25, 0.3) is 0 Å². The Morgan fingerprint density at radius 1 is 1.05 bits per heavy atom. The monoisotopic (exact) mass is 270 g/mol. The van der Waals surface area contributed by atoms with E-state index in [4.69, 9.17) is 10.4 Å². The molecule has 0 aliphatic rings. The summed E-state index contributed by atoms with van der Waals surface area (Å²) < 4.78 is 0. The fourth-order valence-electron chi connectivity index (χ4n) is 1.69. The number of ketones is 1. The van der Waals surface area contributed by atoms with Crippen molar-refractivity contribution in [2.24, 2.45) is 0 Å². The van der Waals surface area contributed by atoms with E-state index in [-0.39, 0.29) is 18.1 Å². The van der Waals surface area contributed by atoms with Crippen molar-refractivity contribution in [3.05, 3.63) is 71.3 Å². The van der Waals surface area contributed by atoms with E-state index in [0.717, 1.165) is 11.1 Å². The van der Waals surface area contributed by atoms with Gasteiger partial charge >= 0.3 is 0 Å². The van der Waals surface area contributed by atoms with E-state index >= 15 is 0 Å². The molecule has 0 spiro atoms. The Bertz CT molecular complexity index is 597. The Hall–Kier alpha value is -2.43. The van der Waals surface area contributed by atoms with Gasteiger partial charge in [0.05, 0.1) is 0 Å². The van der Waals surface area contributed by atoms with Crippen molar-refractivity contribution in [2.75, 3.05) is 0 Å². The van der Waals surface area contributed by atoms with Crippen LogP contribution in [0.4, 0.5) is 0 Å². The smallest absolute Gasteiger partial charge is 0.185 e. The van der Waals surface area contributed by atoms with Crippen LogP contribution in [0.5, 0.6) is 5.75 Å². The molecule has 2 N–H and O–H groups in total. The van der Waals surface area contributed by atoms with Gasteiger partial charge in [-0.1, -0.05) is 30.3 Å².